The summed E-state index contributed by atoms with van der Waals surface area (Å²) in [6, 6.07) is 24.7. The van der Waals surface area contributed by atoms with Crippen molar-refractivity contribution in [3.63, 3.8) is 0 Å². The summed E-state index contributed by atoms with van der Waals surface area (Å²) in [4.78, 5) is 16.1. The van der Waals surface area contributed by atoms with E-state index in [0.29, 0.717) is 37.0 Å². The molecule has 0 atom stereocenters. The van der Waals surface area contributed by atoms with Crippen LogP contribution in [-0.2, 0) is 32.3 Å². The lowest BCUT2D eigenvalue weighted by Gasteiger charge is -2.11. The van der Waals surface area contributed by atoms with Crippen LogP contribution in [0.3, 0.4) is 0 Å². The van der Waals surface area contributed by atoms with Crippen molar-refractivity contribution >= 4 is 17.4 Å². The van der Waals surface area contributed by atoms with E-state index < -0.39 is 5.97 Å². The highest BCUT2D eigenvalue weighted by Gasteiger charge is 2.09. The summed E-state index contributed by atoms with van der Waals surface area (Å²) in [5.41, 5.74) is 4.15. The van der Waals surface area contributed by atoms with Crippen molar-refractivity contribution in [1.82, 2.24) is 0 Å². The van der Waals surface area contributed by atoms with Gasteiger partial charge in [0.1, 0.15) is 32.7 Å². The zero-order valence-corrected chi connectivity index (χ0v) is 20.1. The molecule has 7 heteroatoms. The third-order valence-electron chi connectivity index (χ3n) is 5.01. The maximum absolute atomic E-state index is 11.2. The standard InChI is InChI=1S/C29H29NO6/c1-3-17-34-21-26(18-28(31)32)24-13-15-27(16-14-24)35-19-22-9-11-23(12-10-22)20-36-29(30-33-2)25-7-5-4-6-8-25/h3-16,21H,1,17-20H2,2H3,(H,31,32)/b26-21-,30-29-. The van der Waals surface area contributed by atoms with Gasteiger partial charge in [0.2, 0.25) is 0 Å². The molecule has 7 nitrogen and oxygen atoms in total. The lowest BCUT2D eigenvalue weighted by molar-refractivity contribution is -0.135. The summed E-state index contributed by atoms with van der Waals surface area (Å²) in [6.07, 6.45) is 2.92. The van der Waals surface area contributed by atoms with Gasteiger partial charge in [0.15, 0.2) is 0 Å². The Hall–Kier alpha value is -4.52. The van der Waals surface area contributed by atoms with Crippen LogP contribution >= 0.6 is 0 Å². The molecule has 3 aromatic carbocycles. The van der Waals surface area contributed by atoms with Crippen LogP contribution in [0.2, 0.25) is 0 Å². The lowest BCUT2D eigenvalue weighted by atomic mass is 10.0. The summed E-state index contributed by atoms with van der Waals surface area (Å²) < 4.78 is 17.0. The van der Waals surface area contributed by atoms with E-state index in [1.165, 1.54) is 13.4 Å². The number of rotatable bonds is 13. The number of nitrogens with zero attached hydrogens (tertiary/aromatic N) is 1. The minimum absolute atomic E-state index is 0.141. The molecule has 186 valence electrons. The lowest BCUT2D eigenvalue weighted by Crippen LogP contribution is -2.07. The van der Waals surface area contributed by atoms with Crippen molar-refractivity contribution < 1.29 is 28.9 Å². The van der Waals surface area contributed by atoms with Gasteiger partial charge in [-0.05, 0) is 46.1 Å². The molecule has 0 radical (unpaired) electrons. The van der Waals surface area contributed by atoms with Crippen molar-refractivity contribution in [2.75, 3.05) is 13.7 Å². The van der Waals surface area contributed by atoms with E-state index in [-0.39, 0.29) is 6.42 Å². The third kappa shape index (κ3) is 8.36. The highest BCUT2D eigenvalue weighted by atomic mass is 16.6. The van der Waals surface area contributed by atoms with E-state index in [2.05, 4.69) is 11.7 Å². The van der Waals surface area contributed by atoms with Gasteiger partial charge in [-0.25, -0.2) is 0 Å². The number of carbonyl (C=O) groups is 1. The van der Waals surface area contributed by atoms with Crippen LogP contribution in [0.5, 0.6) is 5.75 Å². The molecule has 0 saturated carbocycles. The second kappa shape index (κ2) is 14.0. The van der Waals surface area contributed by atoms with Gasteiger partial charge in [-0.15, -0.1) is 0 Å². The first kappa shape index (κ1) is 26.1. The van der Waals surface area contributed by atoms with Crippen molar-refractivity contribution in [3.8, 4) is 5.75 Å². The van der Waals surface area contributed by atoms with Gasteiger partial charge in [0, 0.05) is 11.1 Å². The Labute approximate surface area is 210 Å². The third-order valence-corrected chi connectivity index (χ3v) is 5.01. The van der Waals surface area contributed by atoms with Crippen molar-refractivity contribution in [2.24, 2.45) is 5.16 Å². The fourth-order valence-electron chi connectivity index (χ4n) is 3.23. The zero-order valence-electron chi connectivity index (χ0n) is 20.1. The van der Waals surface area contributed by atoms with Crippen LogP contribution in [-0.4, -0.2) is 30.7 Å². The van der Waals surface area contributed by atoms with Crippen molar-refractivity contribution in [3.05, 3.63) is 120 Å². The second-order valence-electron chi connectivity index (χ2n) is 7.70. The zero-order chi connectivity index (χ0) is 25.6. The average molecular weight is 488 g/mol. The maximum atomic E-state index is 11.2. The van der Waals surface area contributed by atoms with E-state index in [9.17, 15) is 4.79 Å². The molecule has 0 spiro atoms. The van der Waals surface area contributed by atoms with Gasteiger partial charge in [0.25, 0.3) is 5.90 Å². The molecule has 0 bridgehead atoms. The summed E-state index contributed by atoms with van der Waals surface area (Å²) in [6.45, 7) is 4.63. The van der Waals surface area contributed by atoms with Crippen molar-refractivity contribution in [1.29, 1.82) is 0 Å². The molecule has 36 heavy (non-hydrogen) atoms. The summed E-state index contributed by atoms with van der Waals surface area (Å²) in [5.74, 6) is 0.165. The molecule has 0 unspecified atom stereocenters. The van der Waals surface area contributed by atoms with Gasteiger partial charge >= 0.3 is 5.97 Å². The normalized spacial score (nSPS) is 11.5. The smallest absolute Gasteiger partial charge is 0.307 e. The Kier molecular flexibility index (Phi) is 10.2. The Bertz CT molecular complexity index is 1170. The predicted molar refractivity (Wildman–Crippen MR) is 138 cm³/mol. The van der Waals surface area contributed by atoms with Crippen LogP contribution in [0.25, 0.3) is 5.57 Å². The molecule has 1 N–H and O–H groups in total. The van der Waals surface area contributed by atoms with E-state index in [0.717, 1.165) is 22.3 Å². The van der Waals surface area contributed by atoms with Gasteiger partial charge in [0.05, 0.1) is 12.7 Å². The van der Waals surface area contributed by atoms with Gasteiger partial charge in [-0.3, -0.25) is 4.79 Å². The topological polar surface area (TPSA) is 86.6 Å². The van der Waals surface area contributed by atoms with E-state index in [1.54, 1.807) is 18.2 Å². The molecule has 0 aliphatic heterocycles. The van der Waals surface area contributed by atoms with Crippen LogP contribution in [0.4, 0.5) is 0 Å². The fraction of sp³-hybridized carbons (Fsp3) is 0.172. The summed E-state index contributed by atoms with van der Waals surface area (Å²) in [7, 11) is 1.49. The molecule has 0 aliphatic rings. The number of hydrogen-bond donors (Lipinski definition) is 1. The van der Waals surface area contributed by atoms with Gasteiger partial charge < -0.3 is 24.2 Å². The number of benzene rings is 3. The maximum Gasteiger partial charge on any atom is 0.307 e. The molecule has 0 amide bonds. The van der Waals surface area contributed by atoms with Crippen LogP contribution in [0, 0.1) is 0 Å². The highest BCUT2D eigenvalue weighted by molar-refractivity contribution is 5.93. The minimum atomic E-state index is -0.931. The molecule has 0 aliphatic carbocycles. The Balaban J connectivity index is 1.54. The summed E-state index contributed by atoms with van der Waals surface area (Å²) in [5, 5.41) is 13.1. The van der Waals surface area contributed by atoms with Gasteiger partial charge in [-0.2, -0.15) is 0 Å². The van der Waals surface area contributed by atoms with Crippen LogP contribution < -0.4 is 4.74 Å². The number of hydrogen-bond acceptors (Lipinski definition) is 6. The molecule has 0 aromatic heterocycles. The monoisotopic (exact) mass is 487 g/mol. The first-order valence-corrected chi connectivity index (χ1v) is 11.3. The first-order chi connectivity index (χ1) is 17.6. The fourth-order valence-corrected chi connectivity index (χ4v) is 3.23. The number of oxime groups is 1. The largest absolute Gasteiger partial charge is 0.497 e. The molecular formula is C29H29NO6. The Morgan fingerprint density at radius 1 is 0.917 bits per heavy atom. The van der Waals surface area contributed by atoms with Crippen LogP contribution in [0.15, 0.2) is 103 Å². The number of carboxylic acid groups (broad SMARTS) is 1. The highest BCUT2D eigenvalue weighted by Crippen LogP contribution is 2.22. The number of aliphatic carboxylic acids is 1. The molecule has 0 fully saturated rings. The Morgan fingerprint density at radius 3 is 2.19 bits per heavy atom. The minimum Gasteiger partial charge on any atom is -0.497 e. The van der Waals surface area contributed by atoms with E-state index in [4.69, 9.17) is 24.2 Å². The summed E-state index contributed by atoms with van der Waals surface area (Å²) >= 11 is 0. The molecule has 3 aromatic rings. The SMILES string of the molecule is C=CCO/C=C(/CC(=O)O)c1ccc(OCc2ccc(CO/C(=N\OC)c3ccccc3)cc2)cc1. The van der Waals surface area contributed by atoms with E-state index in [1.807, 2.05) is 66.7 Å². The average Bonchev–Trinajstić information content (AvgIpc) is 2.90. The quantitative estimate of drug-likeness (QED) is 0.0818. The first-order valence-electron chi connectivity index (χ1n) is 11.3. The molecular weight excluding hydrogens is 458 g/mol. The van der Waals surface area contributed by atoms with Gasteiger partial charge in [-0.1, -0.05) is 67.3 Å². The molecule has 0 heterocycles. The predicted octanol–water partition coefficient (Wildman–Crippen LogP) is 5.81. The molecule has 0 saturated heterocycles. The Morgan fingerprint density at radius 2 is 1.58 bits per heavy atom. The molecule has 3 rings (SSSR count). The number of ether oxygens (including phenoxy) is 3. The van der Waals surface area contributed by atoms with Crippen molar-refractivity contribution in [2.45, 2.75) is 19.6 Å². The van der Waals surface area contributed by atoms with E-state index >= 15 is 0 Å². The second-order valence-corrected chi connectivity index (χ2v) is 7.70. The number of carboxylic acids is 1. The van der Waals surface area contributed by atoms with Crippen LogP contribution in [0.1, 0.15) is 28.7 Å².